The summed E-state index contributed by atoms with van der Waals surface area (Å²) in [5.41, 5.74) is 0.704. The van der Waals surface area contributed by atoms with Crippen LogP contribution in [0, 0.1) is 17.7 Å². The molecule has 25 heavy (non-hydrogen) atoms. The first-order valence-electron chi connectivity index (χ1n) is 9.44. The Morgan fingerprint density at radius 3 is 2.72 bits per heavy atom. The van der Waals surface area contributed by atoms with Crippen molar-refractivity contribution in [3.8, 4) is 0 Å². The summed E-state index contributed by atoms with van der Waals surface area (Å²) in [6.07, 6.45) is 7.68. The van der Waals surface area contributed by atoms with Crippen molar-refractivity contribution < 1.29 is 14.0 Å². The van der Waals surface area contributed by atoms with Crippen LogP contribution in [0.2, 0.25) is 0 Å². The van der Waals surface area contributed by atoms with Crippen molar-refractivity contribution in [2.45, 2.75) is 51.5 Å². The average Bonchev–Trinajstić information content (AvgIpc) is 2.62. The lowest BCUT2D eigenvalue weighted by Gasteiger charge is -2.35. The van der Waals surface area contributed by atoms with Crippen LogP contribution in [0.3, 0.4) is 0 Å². The molecule has 2 fully saturated rings. The van der Waals surface area contributed by atoms with E-state index in [1.807, 2.05) is 4.90 Å². The molecule has 1 aromatic rings. The molecule has 5 heteroatoms. The molecular weight excluding hydrogens is 319 g/mol. The lowest BCUT2D eigenvalue weighted by molar-refractivity contribution is -0.145. The number of carbonyl (C=O) groups excluding carboxylic acids is 2. The van der Waals surface area contributed by atoms with Gasteiger partial charge in [0, 0.05) is 19.6 Å². The number of rotatable bonds is 5. The number of nitrogens with zero attached hydrogens (tertiary/aromatic N) is 1. The summed E-state index contributed by atoms with van der Waals surface area (Å²) in [5, 5.41) is 2.80. The van der Waals surface area contributed by atoms with E-state index in [9.17, 15) is 14.0 Å². The molecule has 1 aliphatic heterocycles. The van der Waals surface area contributed by atoms with E-state index in [-0.39, 0.29) is 24.2 Å². The number of halogens is 1. The van der Waals surface area contributed by atoms with Gasteiger partial charge in [0.25, 0.3) is 0 Å². The topological polar surface area (TPSA) is 49.4 Å². The Morgan fingerprint density at radius 2 is 1.96 bits per heavy atom. The van der Waals surface area contributed by atoms with Gasteiger partial charge < -0.3 is 10.2 Å². The van der Waals surface area contributed by atoms with Crippen LogP contribution in [0.4, 0.5) is 4.39 Å². The van der Waals surface area contributed by atoms with Crippen molar-refractivity contribution in [1.82, 2.24) is 10.2 Å². The van der Waals surface area contributed by atoms with Crippen LogP contribution < -0.4 is 5.32 Å². The van der Waals surface area contributed by atoms with Gasteiger partial charge in [-0.2, -0.15) is 0 Å². The van der Waals surface area contributed by atoms with Gasteiger partial charge in [-0.15, -0.1) is 0 Å². The first-order chi connectivity index (χ1) is 12.1. The maximum Gasteiger partial charge on any atom is 0.235 e. The number of carbonyl (C=O) groups is 2. The maximum absolute atomic E-state index is 13.2. The number of hydrogen-bond donors (Lipinski definition) is 1. The normalized spacial score (nSPS) is 22.0. The fraction of sp³-hybridized carbons (Fsp3) is 0.600. The minimum absolute atomic E-state index is 0.0337. The Hall–Kier alpha value is -1.91. The third kappa shape index (κ3) is 4.80. The fourth-order valence-corrected chi connectivity index (χ4v) is 4.01. The number of hydrogen-bond acceptors (Lipinski definition) is 2. The Balaban J connectivity index is 1.53. The molecule has 1 aromatic carbocycles. The Kier molecular flexibility index (Phi) is 6.05. The van der Waals surface area contributed by atoms with E-state index in [0.29, 0.717) is 17.9 Å². The van der Waals surface area contributed by atoms with Gasteiger partial charge in [-0.1, -0.05) is 31.4 Å². The molecule has 1 saturated heterocycles. The predicted octanol–water partition coefficient (Wildman–Crippen LogP) is 3.26. The van der Waals surface area contributed by atoms with Gasteiger partial charge in [-0.3, -0.25) is 9.59 Å². The van der Waals surface area contributed by atoms with Crippen LogP contribution in [-0.4, -0.2) is 29.8 Å². The van der Waals surface area contributed by atoms with Gasteiger partial charge in [0.1, 0.15) is 11.7 Å². The molecule has 1 unspecified atom stereocenters. The predicted molar refractivity (Wildman–Crippen MR) is 94.1 cm³/mol. The lowest BCUT2D eigenvalue weighted by Crippen LogP contribution is -2.48. The summed E-state index contributed by atoms with van der Waals surface area (Å²) in [7, 11) is 0. The quantitative estimate of drug-likeness (QED) is 0.832. The standard InChI is InChI=1S/C20H27FN2O2/c21-17-9-4-8-16(12-17)13-22-19(24)18-10-5-11-23(20(18)25)14-15-6-2-1-3-7-15/h4,8-9,12,15,18H,1-3,5-7,10-11,13-14H2,(H,22,24). The Bertz CT molecular complexity index is 613. The molecule has 3 rings (SSSR count). The minimum atomic E-state index is -0.592. The molecule has 1 saturated carbocycles. The Morgan fingerprint density at radius 1 is 1.16 bits per heavy atom. The van der Waals surface area contributed by atoms with Crippen LogP contribution in [0.5, 0.6) is 0 Å². The summed E-state index contributed by atoms with van der Waals surface area (Å²) < 4.78 is 13.2. The van der Waals surface area contributed by atoms with E-state index < -0.39 is 5.92 Å². The Labute approximate surface area is 148 Å². The van der Waals surface area contributed by atoms with Gasteiger partial charge >= 0.3 is 0 Å². The number of amides is 2. The summed E-state index contributed by atoms with van der Waals surface area (Å²) in [6.45, 7) is 1.82. The average molecular weight is 346 g/mol. The second-order valence-electron chi connectivity index (χ2n) is 7.33. The zero-order chi connectivity index (χ0) is 17.6. The number of likely N-dealkylation sites (tertiary alicyclic amines) is 1. The molecule has 0 spiro atoms. The molecule has 1 atom stereocenters. The first kappa shape index (κ1) is 17.9. The third-order valence-corrected chi connectivity index (χ3v) is 5.41. The second kappa shape index (κ2) is 8.45. The minimum Gasteiger partial charge on any atom is -0.351 e. The molecule has 2 aliphatic rings. The molecule has 1 N–H and O–H groups in total. The monoisotopic (exact) mass is 346 g/mol. The van der Waals surface area contributed by atoms with E-state index in [0.717, 1.165) is 19.5 Å². The highest BCUT2D eigenvalue weighted by Gasteiger charge is 2.34. The summed E-state index contributed by atoms with van der Waals surface area (Å²) in [6, 6.07) is 6.16. The van der Waals surface area contributed by atoms with Gasteiger partial charge in [0.2, 0.25) is 11.8 Å². The smallest absolute Gasteiger partial charge is 0.235 e. The van der Waals surface area contributed by atoms with Crippen LogP contribution in [0.25, 0.3) is 0 Å². The highest BCUT2D eigenvalue weighted by Crippen LogP contribution is 2.27. The third-order valence-electron chi connectivity index (χ3n) is 5.41. The van der Waals surface area contributed by atoms with Crippen LogP contribution in [0.15, 0.2) is 24.3 Å². The van der Waals surface area contributed by atoms with E-state index in [2.05, 4.69) is 5.32 Å². The van der Waals surface area contributed by atoms with Gasteiger partial charge in [0.15, 0.2) is 0 Å². The molecule has 1 heterocycles. The largest absolute Gasteiger partial charge is 0.351 e. The van der Waals surface area contributed by atoms with Crippen molar-refractivity contribution in [2.24, 2.45) is 11.8 Å². The van der Waals surface area contributed by atoms with E-state index in [1.54, 1.807) is 12.1 Å². The molecule has 1 aliphatic carbocycles. The summed E-state index contributed by atoms with van der Waals surface area (Å²) in [4.78, 5) is 27.1. The molecule has 136 valence electrons. The molecule has 4 nitrogen and oxygen atoms in total. The van der Waals surface area contributed by atoms with Crippen molar-refractivity contribution in [3.63, 3.8) is 0 Å². The zero-order valence-corrected chi connectivity index (χ0v) is 14.7. The molecular formula is C20H27FN2O2. The van der Waals surface area contributed by atoms with E-state index >= 15 is 0 Å². The summed E-state index contributed by atoms with van der Waals surface area (Å²) >= 11 is 0. The molecule has 2 amide bonds. The SMILES string of the molecule is O=C(NCc1cccc(F)c1)C1CCCN(CC2CCCCC2)C1=O. The van der Waals surface area contributed by atoms with Crippen molar-refractivity contribution >= 4 is 11.8 Å². The van der Waals surface area contributed by atoms with Crippen molar-refractivity contribution in [3.05, 3.63) is 35.6 Å². The fourth-order valence-electron chi connectivity index (χ4n) is 4.01. The molecule has 0 bridgehead atoms. The van der Waals surface area contributed by atoms with Crippen LogP contribution in [0.1, 0.15) is 50.5 Å². The van der Waals surface area contributed by atoms with Gasteiger partial charge in [-0.05, 0) is 49.3 Å². The summed E-state index contributed by atoms with van der Waals surface area (Å²) in [5.74, 6) is -0.590. The highest BCUT2D eigenvalue weighted by molar-refractivity contribution is 6.00. The first-order valence-corrected chi connectivity index (χ1v) is 9.44. The van der Waals surface area contributed by atoms with Gasteiger partial charge in [-0.25, -0.2) is 4.39 Å². The van der Waals surface area contributed by atoms with E-state index in [4.69, 9.17) is 0 Å². The molecule has 0 aromatic heterocycles. The second-order valence-corrected chi connectivity index (χ2v) is 7.33. The lowest BCUT2D eigenvalue weighted by atomic mass is 9.87. The molecule has 0 radical (unpaired) electrons. The number of benzene rings is 1. The van der Waals surface area contributed by atoms with Gasteiger partial charge in [0.05, 0.1) is 0 Å². The van der Waals surface area contributed by atoms with Crippen molar-refractivity contribution in [1.29, 1.82) is 0 Å². The maximum atomic E-state index is 13.2. The number of nitrogens with one attached hydrogen (secondary N) is 1. The number of piperidine rings is 1. The van der Waals surface area contributed by atoms with Crippen molar-refractivity contribution in [2.75, 3.05) is 13.1 Å². The zero-order valence-electron chi connectivity index (χ0n) is 14.7. The highest BCUT2D eigenvalue weighted by atomic mass is 19.1. The van der Waals surface area contributed by atoms with Crippen LogP contribution >= 0.6 is 0 Å². The van der Waals surface area contributed by atoms with E-state index in [1.165, 1.54) is 44.2 Å². The van der Waals surface area contributed by atoms with Crippen LogP contribution in [-0.2, 0) is 16.1 Å².